The highest BCUT2D eigenvalue weighted by molar-refractivity contribution is 8.00. The minimum absolute atomic E-state index is 0.0490. The first-order valence-corrected chi connectivity index (χ1v) is 6.69. The molecule has 1 aromatic heterocycles. The summed E-state index contributed by atoms with van der Waals surface area (Å²) in [5.41, 5.74) is 0.985. The van der Waals surface area contributed by atoms with Gasteiger partial charge in [-0.25, -0.2) is 9.78 Å². The van der Waals surface area contributed by atoms with E-state index in [2.05, 4.69) is 18.0 Å². The van der Waals surface area contributed by atoms with E-state index in [1.807, 2.05) is 34.9 Å². The van der Waals surface area contributed by atoms with E-state index in [4.69, 9.17) is 0 Å². The highest BCUT2D eigenvalue weighted by Crippen LogP contribution is 2.38. The van der Waals surface area contributed by atoms with E-state index in [1.165, 1.54) is 10.9 Å². The van der Waals surface area contributed by atoms with Crippen LogP contribution in [0.4, 0.5) is 10.5 Å². The molecule has 5 heteroatoms. The molecule has 0 saturated carbocycles. The molecule has 1 aliphatic heterocycles. The fourth-order valence-electron chi connectivity index (χ4n) is 2.08. The number of rotatable bonds is 0. The molecular formula is C13H13N3OS. The number of hydrogen-bond acceptors (Lipinski definition) is 3. The number of carbonyl (C=O) groups excluding carboxylic acids is 1. The molecule has 0 unspecified atom stereocenters. The van der Waals surface area contributed by atoms with E-state index in [9.17, 15) is 4.79 Å². The minimum atomic E-state index is -0.0490. The van der Waals surface area contributed by atoms with Crippen LogP contribution in [0.15, 0.2) is 47.9 Å². The molecule has 1 atom stereocenters. The van der Waals surface area contributed by atoms with Crippen LogP contribution in [-0.2, 0) is 0 Å². The normalized spacial score (nSPS) is 18.5. The molecule has 1 aromatic carbocycles. The van der Waals surface area contributed by atoms with Gasteiger partial charge < -0.3 is 0 Å². The van der Waals surface area contributed by atoms with Crippen LogP contribution in [0.1, 0.15) is 6.92 Å². The van der Waals surface area contributed by atoms with Crippen molar-refractivity contribution in [3.63, 3.8) is 0 Å². The predicted octanol–water partition coefficient (Wildman–Crippen LogP) is 2.85. The second-order valence-corrected chi connectivity index (χ2v) is 5.74. The number of imidazole rings is 1. The summed E-state index contributed by atoms with van der Waals surface area (Å²) in [6.45, 7) is 2.85. The minimum Gasteiger partial charge on any atom is -0.291 e. The summed E-state index contributed by atoms with van der Waals surface area (Å²) in [6.07, 6.45) is 4.83. The lowest BCUT2D eigenvalue weighted by molar-refractivity contribution is 0.247. The lowest BCUT2D eigenvalue weighted by atomic mass is 10.2. The van der Waals surface area contributed by atoms with Gasteiger partial charge in [-0.2, -0.15) is 0 Å². The smallest absolute Gasteiger partial charge is 0.291 e. The number of aromatic nitrogens is 2. The molecule has 4 nitrogen and oxygen atoms in total. The number of amides is 1. The average Bonchev–Trinajstić information content (AvgIpc) is 2.90. The topological polar surface area (TPSA) is 38.1 Å². The molecule has 18 heavy (non-hydrogen) atoms. The van der Waals surface area contributed by atoms with Crippen LogP contribution in [0, 0.1) is 0 Å². The molecule has 0 spiro atoms. The third-order valence-electron chi connectivity index (χ3n) is 2.88. The van der Waals surface area contributed by atoms with Gasteiger partial charge in [0.2, 0.25) is 0 Å². The van der Waals surface area contributed by atoms with Crippen LogP contribution in [0.5, 0.6) is 0 Å². The van der Waals surface area contributed by atoms with Gasteiger partial charge in [0, 0.05) is 29.1 Å². The van der Waals surface area contributed by atoms with Crippen molar-refractivity contribution < 1.29 is 4.79 Å². The van der Waals surface area contributed by atoms with Crippen LogP contribution in [-0.4, -0.2) is 27.4 Å². The van der Waals surface area contributed by atoms with Gasteiger partial charge in [-0.3, -0.25) is 9.47 Å². The number of fused-ring (bicyclic) bond motifs is 1. The Bertz CT molecular complexity index is 567. The zero-order valence-electron chi connectivity index (χ0n) is 9.98. The van der Waals surface area contributed by atoms with Crippen molar-refractivity contribution >= 4 is 23.5 Å². The van der Waals surface area contributed by atoms with E-state index in [-0.39, 0.29) is 6.03 Å². The lowest BCUT2D eigenvalue weighted by Crippen LogP contribution is -2.40. The van der Waals surface area contributed by atoms with E-state index in [0.29, 0.717) is 5.25 Å². The number of thioether (sulfide) groups is 1. The van der Waals surface area contributed by atoms with Gasteiger partial charge in [0.1, 0.15) is 6.33 Å². The van der Waals surface area contributed by atoms with E-state index < -0.39 is 0 Å². The summed E-state index contributed by atoms with van der Waals surface area (Å²) in [4.78, 5) is 19.3. The highest BCUT2D eigenvalue weighted by atomic mass is 32.2. The fourth-order valence-corrected chi connectivity index (χ4v) is 3.20. The van der Waals surface area contributed by atoms with Gasteiger partial charge in [-0.05, 0) is 12.1 Å². The molecule has 0 N–H and O–H groups in total. The molecule has 92 valence electrons. The first-order valence-electron chi connectivity index (χ1n) is 5.81. The zero-order chi connectivity index (χ0) is 12.5. The second kappa shape index (κ2) is 4.49. The first-order chi connectivity index (χ1) is 8.75. The van der Waals surface area contributed by atoms with Gasteiger partial charge in [-0.15, -0.1) is 11.8 Å². The summed E-state index contributed by atoms with van der Waals surface area (Å²) in [5, 5.41) is 0.396. The van der Waals surface area contributed by atoms with Crippen molar-refractivity contribution in [2.24, 2.45) is 0 Å². The Morgan fingerprint density at radius 2 is 2.28 bits per heavy atom. The van der Waals surface area contributed by atoms with E-state index >= 15 is 0 Å². The van der Waals surface area contributed by atoms with Crippen molar-refractivity contribution in [1.29, 1.82) is 0 Å². The second-order valence-electron chi connectivity index (χ2n) is 4.26. The highest BCUT2D eigenvalue weighted by Gasteiger charge is 2.27. The third-order valence-corrected chi connectivity index (χ3v) is 4.03. The molecular weight excluding hydrogens is 246 g/mol. The number of carbonyl (C=O) groups is 1. The molecule has 0 radical (unpaired) electrons. The van der Waals surface area contributed by atoms with Crippen LogP contribution < -0.4 is 4.90 Å². The largest absolute Gasteiger partial charge is 0.333 e. The van der Waals surface area contributed by atoms with Gasteiger partial charge in [0.25, 0.3) is 0 Å². The Balaban J connectivity index is 2.00. The average molecular weight is 259 g/mol. The van der Waals surface area contributed by atoms with Crippen LogP contribution in [0.2, 0.25) is 0 Å². The zero-order valence-corrected chi connectivity index (χ0v) is 10.8. The molecule has 0 bridgehead atoms. The Hall–Kier alpha value is -1.75. The number of hydrogen-bond donors (Lipinski definition) is 0. The maximum absolute atomic E-state index is 12.4. The summed E-state index contributed by atoms with van der Waals surface area (Å²) in [6, 6.07) is 7.97. The lowest BCUT2D eigenvalue weighted by Gasteiger charge is -2.32. The summed E-state index contributed by atoms with van der Waals surface area (Å²) < 4.78 is 1.51. The number of benzene rings is 1. The van der Waals surface area contributed by atoms with Crippen molar-refractivity contribution in [3.05, 3.63) is 43.0 Å². The van der Waals surface area contributed by atoms with Crippen molar-refractivity contribution in [2.45, 2.75) is 17.1 Å². The van der Waals surface area contributed by atoms with Gasteiger partial charge in [0.05, 0.1) is 5.69 Å². The molecule has 1 aliphatic rings. The van der Waals surface area contributed by atoms with Crippen molar-refractivity contribution in [2.75, 3.05) is 11.4 Å². The Morgan fingerprint density at radius 3 is 3.06 bits per heavy atom. The molecule has 0 fully saturated rings. The number of nitrogens with zero attached hydrogens (tertiary/aromatic N) is 3. The van der Waals surface area contributed by atoms with Crippen LogP contribution in [0.25, 0.3) is 0 Å². The van der Waals surface area contributed by atoms with Crippen LogP contribution >= 0.6 is 11.8 Å². The summed E-state index contributed by atoms with van der Waals surface area (Å²) in [5.74, 6) is 0. The summed E-state index contributed by atoms with van der Waals surface area (Å²) in [7, 11) is 0. The van der Waals surface area contributed by atoms with E-state index in [0.717, 1.165) is 17.1 Å². The number of para-hydroxylation sites is 1. The fraction of sp³-hybridized carbons (Fsp3) is 0.231. The molecule has 1 amide bonds. The monoisotopic (exact) mass is 259 g/mol. The molecule has 3 rings (SSSR count). The molecule has 0 aliphatic carbocycles. The number of anilines is 1. The molecule has 0 saturated heterocycles. The summed E-state index contributed by atoms with van der Waals surface area (Å²) >= 11 is 1.81. The van der Waals surface area contributed by atoms with Gasteiger partial charge in [-0.1, -0.05) is 19.1 Å². The van der Waals surface area contributed by atoms with E-state index in [1.54, 1.807) is 12.4 Å². The molecule has 2 aromatic rings. The van der Waals surface area contributed by atoms with Crippen molar-refractivity contribution in [3.8, 4) is 0 Å². The van der Waals surface area contributed by atoms with Crippen LogP contribution in [0.3, 0.4) is 0 Å². The third kappa shape index (κ3) is 1.90. The quantitative estimate of drug-likeness (QED) is 0.730. The predicted molar refractivity (Wildman–Crippen MR) is 72.1 cm³/mol. The SMILES string of the molecule is C[C@@H]1CN(C(=O)n2ccnc2)c2ccccc2S1. The molecule has 2 heterocycles. The standard InChI is InChI=1S/C13H13N3OS/c1-10-8-16(13(17)15-7-6-14-9-15)11-4-2-3-5-12(11)18-10/h2-7,9-10H,8H2,1H3/t10-/m1/s1. The Morgan fingerprint density at radius 1 is 1.44 bits per heavy atom. The maximum atomic E-state index is 12.4. The first kappa shape index (κ1) is 11.3. The Labute approximate surface area is 110 Å². The maximum Gasteiger partial charge on any atom is 0.333 e. The Kier molecular flexibility index (Phi) is 2.83. The van der Waals surface area contributed by atoms with Gasteiger partial charge in [0.15, 0.2) is 0 Å². The van der Waals surface area contributed by atoms with Gasteiger partial charge >= 0.3 is 6.03 Å². The van der Waals surface area contributed by atoms with Crippen molar-refractivity contribution in [1.82, 2.24) is 9.55 Å².